The summed E-state index contributed by atoms with van der Waals surface area (Å²) in [4.78, 5) is 0. The third-order valence-electron chi connectivity index (χ3n) is 2.48. The Bertz CT molecular complexity index is 470. The minimum Gasteiger partial charge on any atom is -0.0966 e. The molecule has 82 valence electrons. The van der Waals surface area contributed by atoms with Crippen LogP contribution in [0.4, 0.5) is 0 Å². The number of hydrogen-bond donors (Lipinski definition) is 0. The second-order valence-corrected chi connectivity index (χ2v) is 5.51. The zero-order chi connectivity index (χ0) is 11.6. The molecule has 0 radical (unpaired) electrons. The fraction of sp³-hybridized carbons (Fsp3) is 0.143. The van der Waals surface area contributed by atoms with E-state index in [9.17, 15) is 0 Å². The molecule has 2 heteroatoms. The van der Waals surface area contributed by atoms with Gasteiger partial charge in [-0.3, -0.25) is 0 Å². The lowest BCUT2D eigenvalue weighted by Crippen LogP contribution is -2.05. The van der Waals surface area contributed by atoms with E-state index in [1.54, 1.807) is 6.92 Å². The second kappa shape index (κ2) is 4.48. The van der Waals surface area contributed by atoms with Crippen molar-refractivity contribution in [1.82, 2.24) is 0 Å². The Morgan fingerprint density at radius 2 is 1.38 bits per heavy atom. The average Bonchev–Trinajstić information content (AvgIpc) is 2.29. The number of alkyl halides is 2. The predicted molar refractivity (Wildman–Crippen MR) is 70.9 cm³/mol. The topological polar surface area (TPSA) is 0 Å². The number of benzene rings is 2. The van der Waals surface area contributed by atoms with Crippen LogP contribution in [0.2, 0.25) is 0 Å². The van der Waals surface area contributed by atoms with Crippen LogP contribution in [0, 0.1) is 0 Å². The highest BCUT2D eigenvalue weighted by Gasteiger charge is 2.22. The second-order valence-electron chi connectivity index (χ2n) is 3.80. The van der Waals surface area contributed by atoms with Gasteiger partial charge in [0.25, 0.3) is 0 Å². The lowest BCUT2D eigenvalue weighted by molar-refractivity contribution is 0.980. The summed E-state index contributed by atoms with van der Waals surface area (Å²) in [5.41, 5.74) is 3.14. The van der Waals surface area contributed by atoms with Gasteiger partial charge >= 0.3 is 0 Å². The van der Waals surface area contributed by atoms with E-state index in [1.165, 1.54) is 0 Å². The molecule has 0 saturated heterocycles. The maximum absolute atomic E-state index is 6.18. The highest BCUT2D eigenvalue weighted by molar-refractivity contribution is 6.48. The normalized spacial score (nSPS) is 11.4. The Hall–Kier alpha value is -0.980. The van der Waals surface area contributed by atoms with Gasteiger partial charge < -0.3 is 0 Å². The van der Waals surface area contributed by atoms with Crippen LogP contribution in [-0.2, 0) is 4.33 Å². The first-order valence-corrected chi connectivity index (χ1v) is 5.87. The van der Waals surface area contributed by atoms with Gasteiger partial charge in [0.1, 0.15) is 4.33 Å². The summed E-state index contributed by atoms with van der Waals surface area (Å²) in [6.07, 6.45) is 0. The molecule has 0 N–H and O–H groups in total. The first-order chi connectivity index (χ1) is 7.59. The van der Waals surface area contributed by atoms with E-state index in [0.717, 1.165) is 16.7 Å². The third kappa shape index (κ3) is 2.40. The third-order valence-corrected chi connectivity index (χ3v) is 2.89. The molecule has 0 bridgehead atoms. The summed E-state index contributed by atoms with van der Waals surface area (Å²) >= 11 is 12.4. The van der Waals surface area contributed by atoms with Crippen molar-refractivity contribution in [2.75, 3.05) is 0 Å². The summed E-state index contributed by atoms with van der Waals surface area (Å²) < 4.78 is -0.869. The zero-order valence-corrected chi connectivity index (χ0v) is 10.5. The van der Waals surface area contributed by atoms with Crippen LogP contribution in [0.3, 0.4) is 0 Å². The summed E-state index contributed by atoms with van der Waals surface area (Å²) in [5, 5.41) is 0. The first kappa shape index (κ1) is 11.5. The van der Waals surface area contributed by atoms with Gasteiger partial charge in [-0.1, -0.05) is 77.8 Å². The Balaban J connectivity index is 2.58. The Kier molecular flexibility index (Phi) is 3.22. The van der Waals surface area contributed by atoms with E-state index in [4.69, 9.17) is 23.2 Å². The van der Waals surface area contributed by atoms with Gasteiger partial charge in [-0.2, -0.15) is 0 Å². The summed E-state index contributed by atoms with van der Waals surface area (Å²) in [6.45, 7) is 1.79. The SMILES string of the molecule is CC(Cl)(Cl)c1ccccc1-c1ccccc1. The lowest BCUT2D eigenvalue weighted by Gasteiger charge is -2.18. The summed E-state index contributed by atoms with van der Waals surface area (Å²) in [7, 11) is 0. The van der Waals surface area contributed by atoms with Crippen molar-refractivity contribution in [3.63, 3.8) is 0 Å². The number of halogens is 2. The van der Waals surface area contributed by atoms with Crippen LogP contribution in [0.5, 0.6) is 0 Å². The van der Waals surface area contributed by atoms with Crippen molar-refractivity contribution in [3.05, 3.63) is 60.2 Å². The summed E-state index contributed by atoms with van der Waals surface area (Å²) in [6, 6.07) is 18.0. The average molecular weight is 251 g/mol. The van der Waals surface area contributed by atoms with Crippen molar-refractivity contribution in [2.24, 2.45) is 0 Å². The Morgan fingerprint density at radius 1 is 0.812 bits per heavy atom. The number of rotatable bonds is 2. The Morgan fingerprint density at radius 3 is 2.00 bits per heavy atom. The minimum absolute atomic E-state index is 0.869. The fourth-order valence-corrected chi connectivity index (χ4v) is 2.06. The smallest absolute Gasteiger partial charge is 0.0966 e. The monoisotopic (exact) mass is 250 g/mol. The zero-order valence-electron chi connectivity index (χ0n) is 8.95. The molecule has 0 aliphatic heterocycles. The molecule has 0 atom stereocenters. The van der Waals surface area contributed by atoms with Gasteiger partial charge in [0, 0.05) is 0 Å². The molecule has 0 unspecified atom stereocenters. The Labute approximate surface area is 106 Å². The number of hydrogen-bond acceptors (Lipinski definition) is 0. The van der Waals surface area contributed by atoms with E-state index < -0.39 is 4.33 Å². The summed E-state index contributed by atoms with van der Waals surface area (Å²) in [5.74, 6) is 0. The van der Waals surface area contributed by atoms with Crippen molar-refractivity contribution in [3.8, 4) is 11.1 Å². The molecule has 2 aromatic rings. The molecule has 0 heterocycles. The largest absolute Gasteiger partial charge is 0.141 e. The van der Waals surface area contributed by atoms with Gasteiger partial charge in [-0.25, -0.2) is 0 Å². The van der Waals surface area contributed by atoms with E-state index in [0.29, 0.717) is 0 Å². The van der Waals surface area contributed by atoms with E-state index >= 15 is 0 Å². The molecule has 16 heavy (non-hydrogen) atoms. The van der Waals surface area contributed by atoms with Crippen molar-refractivity contribution < 1.29 is 0 Å². The van der Waals surface area contributed by atoms with Crippen molar-refractivity contribution in [2.45, 2.75) is 11.3 Å². The molecule has 0 aliphatic rings. The molecular weight excluding hydrogens is 239 g/mol. The van der Waals surface area contributed by atoms with E-state index in [-0.39, 0.29) is 0 Å². The maximum Gasteiger partial charge on any atom is 0.141 e. The van der Waals surface area contributed by atoms with Crippen LogP contribution >= 0.6 is 23.2 Å². The molecule has 0 saturated carbocycles. The van der Waals surface area contributed by atoms with E-state index in [2.05, 4.69) is 12.1 Å². The molecule has 2 aromatic carbocycles. The predicted octanol–water partition coefficient (Wildman–Crippen LogP) is 5.00. The van der Waals surface area contributed by atoms with Gasteiger partial charge in [-0.05, 0) is 23.6 Å². The molecular formula is C14H12Cl2. The van der Waals surface area contributed by atoms with Gasteiger partial charge in [0.15, 0.2) is 0 Å². The van der Waals surface area contributed by atoms with Crippen LogP contribution in [0.1, 0.15) is 12.5 Å². The van der Waals surface area contributed by atoms with Crippen LogP contribution in [0.25, 0.3) is 11.1 Å². The highest BCUT2D eigenvalue weighted by Crippen LogP contribution is 2.39. The molecule has 0 aliphatic carbocycles. The van der Waals surface area contributed by atoms with Gasteiger partial charge in [0.05, 0.1) is 0 Å². The van der Waals surface area contributed by atoms with E-state index in [1.807, 2.05) is 42.5 Å². The molecule has 0 spiro atoms. The lowest BCUT2D eigenvalue weighted by atomic mass is 9.98. The highest BCUT2D eigenvalue weighted by atomic mass is 35.5. The molecule has 2 rings (SSSR count). The minimum atomic E-state index is -0.869. The van der Waals surface area contributed by atoms with Crippen molar-refractivity contribution in [1.29, 1.82) is 0 Å². The van der Waals surface area contributed by atoms with Gasteiger partial charge in [-0.15, -0.1) is 0 Å². The van der Waals surface area contributed by atoms with Gasteiger partial charge in [0.2, 0.25) is 0 Å². The van der Waals surface area contributed by atoms with Crippen LogP contribution < -0.4 is 0 Å². The molecule has 0 nitrogen and oxygen atoms in total. The maximum atomic E-state index is 6.18. The molecule has 0 fully saturated rings. The quantitative estimate of drug-likeness (QED) is 0.658. The van der Waals surface area contributed by atoms with Crippen LogP contribution in [0.15, 0.2) is 54.6 Å². The molecule has 0 aromatic heterocycles. The molecule has 0 amide bonds. The van der Waals surface area contributed by atoms with Crippen LogP contribution in [-0.4, -0.2) is 0 Å². The van der Waals surface area contributed by atoms with Crippen molar-refractivity contribution >= 4 is 23.2 Å². The fourth-order valence-electron chi connectivity index (χ4n) is 1.74. The standard InChI is InChI=1S/C14H12Cl2/c1-14(15,16)13-10-6-5-9-12(13)11-7-3-2-4-8-11/h2-10H,1H3. The first-order valence-electron chi connectivity index (χ1n) is 5.12.